The smallest absolute Gasteiger partial charge is 0.363 e. The number of amides is 4. The van der Waals surface area contributed by atoms with E-state index in [0.29, 0.717) is 62.1 Å². The third-order valence-corrected chi connectivity index (χ3v) is 10.1. The van der Waals surface area contributed by atoms with Crippen molar-refractivity contribution in [2.75, 3.05) is 39.6 Å². The molecule has 1 aliphatic heterocycles. The number of furan rings is 1. The second kappa shape index (κ2) is 23.5. The van der Waals surface area contributed by atoms with Gasteiger partial charge in [-0.15, -0.1) is 0 Å². The number of aliphatic carboxylic acids is 2. The number of nitrogens with one attached hydrogen (secondary N) is 3. The molecule has 1 aliphatic rings. The number of benzene rings is 2. The van der Waals surface area contributed by atoms with Crippen LogP contribution in [0.5, 0.6) is 5.75 Å². The molecule has 4 rings (SSSR count). The van der Waals surface area contributed by atoms with Gasteiger partial charge in [-0.3, -0.25) is 28.9 Å². The van der Waals surface area contributed by atoms with E-state index in [1.54, 1.807) is 26.8 Å². The van der Waals surface area contributed by atoms with E-state index < -0.39 is 60.1 Å². The first-order chi connectivity index (χ1) is 29.3. The van der Waals surface area contributed by atoms with Crippen molar-refractivity contribution in [2.24, 2.45) is 5.92 Å². The summed E-state index contributed by atoms with van der Waals surface area (Å²) >= 11 is 0. The Balaban J connectivity index is 1.39. The summed E-state index contributed by atoms with van der Waals surface area (Å²) in [6, 6.07) is 10.2. The van der Waals surface area contributed by atoms with Crippen LogP contribution in [0.2, 0.25) is 0 Å². The summed E-state index contributed by atoms with van der Waals surface area (Å²) in [7, 11) is 0. The normalized spacial score (nSPS) is 14.2. The Morgan fingerprint density at radius 1 is 0.918 bits per heavy atom. The molecule has 0 spiro atoms. The predicted octanol–water partition coefficient (Wildman–Crippen LogP) is 4.15. The molecule has 18 nitrogen and oxygen atoms in total. The summed E-state index contributed by atoms with van der Waals surface area (Å²) < 4.78 is 16.8. The largest absolute Gasteiger partial charge is 0.493 e. The highest BCUT2D eigenvalue weighted by atomic mass is 16.7. The molecular weight excluding hydrogens is 794 g/mol. The number of hydroxylamine groups is 2. The number of ether oxygens (including phenoxy) is 2. The maximum absolute atomic E-state index is 13.7. The first kappa shape index (κ1) is 47.4. The maximum Gasteiger partial charge on any atom is 0.363 e. The molecule has 3 aromatic rings. The summed E-state index contributed by atoms with van der Waals surface area (Å²) in [5, 5.41) is 26.8. The Hall–Kier alpha value is -6.27. The zero-order valence-electron chi connectivity index (χ0n) is 34.9. The minimum absolute atomic E-state index is 0.0460. The van der Waals surface area contributed by atoms with Gasteiger partial charge in [-0.05, 0) is 68.1 Å². The van der Waals surface area contributed by atoms with Gasteiger partial charge in [-0.25, -0.2) is 9.59 Å². The molecule has 2 aromatic carbocycles. The fraction of sp³-hybridized carbons (Fsp3) is 0.465. The highest BCUT2D eigenvalue weighted by Gasteiger charge is 2.34. The van der Waals surface area contributed by atoms with E-state index in [-0.39, 0.29) is 36.1 Å². The molecule has 0 unspecified atom stereocenters. The lowest BCUT2D eigenvalue weighted by Gasteiger charge is -2.32. The van der Waals surface area contributed by atoms with Crippen LogP contribution >= 0.6 is 0 Å². The number of unbranched alkanes of at least 4 members (excludes halogenated alkanes) is 2. The third kappa shape index (κ3) is 13.6. The Morgan fingerprint density at radius 2 is 1.66 bits per heavy atom. The van der Waals surface area contributed by atoms with E-state index in [9.17, 15) is 38.7 Å². The molecule has 0 aliphatic carbocycles. The van der Waals surface area contributed by atoms with Crippen LogP contribution in [0.15, 0.2) is 52.9 Å². The van der Waals surface area contributed by atoms with E-state index >= 15 is 0 Å². The van der Waals surface area contributed by atoms with Gasteiger partial charge in [0.15, 0.2) is 5.76 Å². The van der Waals surface area contributed by atoms with Gasteiger partial charge in [0.05, 0.1) is 56.0 Å². The monoisotopic (exact) mass is 849 g/mol. The molecule has 61 heavy (non-hydrogen) atoms. The third-order valence-electron chi connectivity index (χ3n) is 10.1. The first-order valence-corrected chi connectivity index (χ1v) is 20.3. The highest BCUT2D eigenvalue weighted by Crippen LogP contribution is 2.30. The zero-order valence-corrected chi connectivity index (χ0v) is 34.9. The lowest BCUT2D eigenvalue weighted by Crippen LogP contribution is -2.49. The van der Waals surface area contributed by atoms with Crippen molar-refractivity contribution in [1.82, 2.24) is 25.9 Å². The summed E-state index contributed by atoms with van der Waals surface area (Å²) in [4.78, 5) is 96.0. The molecule has 5 N–H and O–H groups in total. The van der Waals surface area contributed by atoms with Crippen molar-refractivity contribution in [1.29, 1.82) is 0 Å². The number of carboxylic acids is 2. The number of carbonyl (C=O) groups excluding carboxylic acids is 5. The van der Waals surface area contributed by atoms with E-state index in [2.05, 4.69) is 20.9 Å². The Morgan fingerprint density at radius 3 is 2.30 bits per heavy atom. The average Bonchev–Trinajstić information content (AvgIpc) is 3.74. The van der Waals surface area contributed by atoms with E-state index in [4.69, 9.17) is 23.8 Å². The Labute approximate surface area is 353 Å². The van der Waals surface area contributed by atoms with Crippen LogP contribution in [0.25, 0.3) is 11.3 Å². The molecule has 2 heterocycles. The van der Waals surface area contributed by atoms with Crippen molar-refractivity contribution in [2.45, 2.75) is 84.8 Å². The molecular formula is C43H55N5O13. The molecule has 0 bridgehead atoms. The van der Waals surface area contributed by atoms with Crippen molar-refractivity contribution < 1.29 is 62.5 Å². The maximum atomic E-state index is 13.7. The van der Waals surface area contributed by atoms with Crippen LogP contribution in [-0.2, 0) is 35.3 Å². The predicted molar refractivity (Wildman–Crippen MR) is 219 cm³/mol. The molecule has 1 saturated heterocycles. The molecule has 1 fully saturated rings. The molecule has 330 valence electrons. The van der Waals surface area contributed by atoms with Crippen LogP contribution in [0.1, 0.15) is 102 Å². The van der Waals surface area contributed by atoms with Crippen LogP contribution in [0, 0.1) is 12.8 Å². The summed E-state index contributed by atoms with van der Waals surface area (Å²) in [6.45, 7) is 10.8. The number of nitrogens with zero attached hydrogens (tertiary/aromatic N) is 2. The van der Waals surface area contributed by atoms with Gasteiger partial charge < -0.3 is 44.9 Å². The SMILES string of the molecule is CCCCC[C@@H](C(=O)NCNC(=O)c1ccc(-c2ccc(C(=O)N[C@@H](CC(=O)O)C(=O)O)c(OCC)c2)o1)[C@@H](CC)N(C=O)OC(=O)c1ccc(CN2CCOCC2)cc1C. The number of aryl methyl sites for hydroxylation is 1. The number of rotatable bonds is 24. The topological polar surface area (TPSA) is 243 Å². The van der Waals surface area contributed by atoms with E-state index in [1.165, 1.54) is 30.3 Å². The standard InChI is InChI=1S/C43H55N5O13/c1-5-8-9-10-31(34(6-2)48(26-49)61-43(57)30-13-11-28(21-27(30)4)24-47-17-19-58-20-18-47)39(52)44-25-45-41(54)36-16-15-35(60-36)29-12-14-32(37(22-29)59-7-3)40(53)46-33(42(55)56)23-38(50)51/h11-16,21-22,26,31,33-34H,5-10,17-20,23-25H2,1-4H3,(H,44,52)(H,45,54)(H,46,53)(H,50,51)(H,55,56)/t31-,33+,34-/m1/s1. The number of carbonyl (C=O) groups is 7. The zero-order chi connectivity index (χ0) is 44.5. The molecule has 1 aromatic heterocycles. The molecule has 4 amide bonds. The van der Waals surface area contributed by atoms with Gasteiger partial charge in [0, 0.05) is 25.2 Å². The van der Waals surface area contributed by atoms with Gasteiger partial charge in [-0.2, -0.15) is 5.06 Å². The quantitative estimate of drug-likeness (QED) is 0.0368. The van der Waals surface area contributed by atoms with Crippen LogP contribution in [0.3, 0.4) is 0 Å². The number of hydrogen-bond donors (Lipinski definition) is 5. The van der Waals surface area contributed by atoms with Gasteiger partial charge in [0.1, 0.15) is 17.6 Å². The fourth-order valence-electron chi connectivity index (χ4n) is 6.93. The summed E-state index contributed by atoms with van der Waals surface area (Å²) in [6.07, 6.45) is 2.63. The molecule has 0 radical (unpaired) electrons. The second-order valence-electron chi connectivity index (χ2n) is 14.5. The van der Waals surface area contributed by atoms with Crippen molar-refractivity contribution >= 4 is 42.0 Å². The Kier molecular flexibility index (Phi) is 18.3. The highest BCUT2D eigenvalue weighted by molar-refractivity contribution is 6.00. The van der Waals surface area contributed by atoms with Crippen LogP contribution in [-0.4, -0.2) is 114 Å². The lowest BCUT2D eigenvalue weighted by atomic mass is 9.90. The average molecular weight is 850 g/mol. The molecule has 3 atom stereocenters. The summed E-state index contributed by atoms with van der Waals surface area (Å²) in [5.74, 6) is -6.22. The van der Waals surface area contributed by atoms with Crippen molar-refractivity contribution in [3.63, 3.8) is 0 Å². The first-order valence-electron chi connectivity index (χ1n) is 20.3. The number of morpholine rings is 1. The van der Waals surface area contributed by atoms with Crippen molar-refractivity contribution in [3.05, 3.63) is 76.5 Å². The second-order valence-corrected chi connectivity index (χ2v) is 14.5. The van der Waals surface area contributed by atoms with Gasteiger partial charge in [-0.1, -0.05) is 51.3 Å². The van der Waals surface area contributed by atoms with E-state index in [1.807, 2.05) is 19.1 Å². The fourth-order valence-corrected chi connectivity index (χ4v) is 6.93. The minimum atomic E-state index is -1.67. The number of carboxylic acid groups (broad SMARTS) is 2. The molecule has 0 saturated carbocycles. The van der Waals surface area contributed by atoms with Crippen LogP contribution < -0.4 is 20.7 Å². The van der Waals surface area contributed by atoms with E-state index in [0.717, 1.165) is 36.6 Å². The molecule has 18 heteroatoms. The Bertz CT molecular complexity index is 2010. The van der Waals surface area contributed by atoms with Gasteiger partial charge in [0.25, 0.3) is 11.8 Å². The minimum Gasteiger partial charge on any atom is -0.493 e. The van der Waals surface area contributed by atoms with Gasteiger partial charge in [0.2, 0.25) is 12.3 Å². The van der Waals surface area contributed by atoms with Crippen LogP contribution in [0.4, 0.5) is 0 Å². The summed E-state index contributed by atoms with van der Waals surface area (Å²) in [5.41, 5.74) is 2.37. The number of hydrogen-bond acceptors (Lipinski definition) is 12. The van der Waals surface area contributed by atoms with Crippen molar-refractivity contribution in [3.8, 4) is 17.1 Å². The lowest BCUT2D eigenvalue weighted by molar-refractivity contribution is -0.171. The van der Waals surface area contributed by atoms with Gasteiger partial charge >= 0.3 is 17.9 Å².